The summed E-state index contributed by atoms with van der Waals surface area (Å²) in [6.07, 6.45) is 6.62. The highest BCUT2D eigenvalue weighted by Gasteiger charge is 2.37. The van der Waals surface area contributed by atoms with Crippen LogP contribution in [0.15, 0.2) is 95.6 Å². The lowest BCUT2D eigenvalue weighted by Gasteiger charge is -2.28. The molecule has 8 heteroatoms. The third kappa shape index (κ3) is 4.80. The lowest BCUT2D eigenvalue weighted by atomic mass is 9.96. The molecule has 1 aliphatic rings. The van der Waals surface area contributed by atoms with Gasteiger partial charge in [0, 0.05) is 11.5 Å². The molecular weight excluding hydrogens is 394 g/mol. The number of allylic oxidation sites excluding steroid dienone is 4. The van der Waals surface area contributed by atoms with E-state index in [1.807, 2.05) is 4.72 Å². The second-order valence-electron chi connectivity index (χ2n) is 6.45. The molecule has 0 saturated heterocycles. The summed E-state index contributed by atoms with van der Waals surface area (Å²) in [6, 6.07) is 13.5. The van der Waals surface area contributed by atoms with Crippen LogP contribution in [0.5, 0.6) is 5.75 Å². The number of carbonyl (C=O) groups excluding carboxylic acids is 1. The van der Waals surface area contributed by atoms with Gasteiger partial charge < -0.3 is 15.3 Å². The van der Waals surface area contributed by atoms with Crippen LogP contribution in [0.1, 0.15) is 10.4 Å². The second-order valence-corrected chi connectivity index (χ2v) is 8.13. The van der Waals surface area contributed by atoms with Crippen LogP contribution in [0, 0.1) is 5.92 Å². The van der Waals surface area contributed by atoms with Crippen molar-refractivity contribution in [2.45, 2.75) is 10.6 Å². The van der Waals surface area contributed by atoms with E-state index in [4.69, 9.17) is 0 Å². The zero-order valence-electron chi connectivity index (χ0n) is 15.1. The second kappa shape index (κ2) is 8.04. The molecule has 29 heavy (non-hydrogen) atoms. The minimum absolute atomic E-state index is 0.225. The number of hydrogen-bond acceptors (Lipinski definition) is 6. The van der Waals surface area contributed by atoms with E-state index >= 15 is 0 Å². The molecule has 0 saturated carbocycles. The van der Waals surface area contributed by atoms with E-state index in [-0.39, 0.29) is 16.4 Å². The molecule has 0 spiro atoms. The van der Waals surface area contributed by atoms with Crippen LogP contribution >= 0.6 is 0 Å². The van der Waals surface area contributed by atoms with E-state index < -0.39 is 27.4 Å². The number of aliphatic hydroxyl groups excluding tert-OH is 1. The summed E-state index contributed by atoms with van der Waals surface area (Å²) in [5.41, 5.74) is -1.84. The van der Waals surface area contributed by atoms with Crippen molar-refractivity contribution in [2.75, 3.05) is 0 Å². The average Bonchev–Trinajstić information content (AvgIpc) is 2.69. The first-order valence-corrected chi connectivity index (χ1v) is 10.1. The first kappa shape index (κ1) is 20.5. The van der Waals surface area contributed by atoms with E-state index in [1.165, 1.54) is 42.5 Å². The molecule has 0 fully saturated rings. The van der Waals surface area contributed by atoms with E-state index in [0.717, 1.165) is 12.1 Å². The Morgan fingerprint density at radius 3 is 2.45 bits per heavy atom. The smallest absolute Gasteiger partial charge is 0.243 e. The zero-order valence-corrected chi connectivity index (χ0v) is 16.0. The Hall–Kier alpha value is -3.20. The first-order valence-electron chi connectivity index (χ1n) is 8.63. The normalized spacial score (nSPS) is 21.8. The number of sulfonamides is 1. The Morgan fingerprint density at radius 1 is 1.07 bits per heavy atom. The molecule has 2 aromatic rings. The van der Waals surface area contributed by atoms with Gasteiger partial charge in [-0.25, -0.2) is 8.42 Å². The number of aromatic hydroxyl groups is 1. The summed E-state index contributed by atoms with van der Waals surface area (Å²) in [5.74, 6) is -1.64. The number of benzene rings is 2. The zero-order chi connectivity index (χ0) is 21.1. The van der Waals surface area contributed by atoms with Crippen LogP contribution in [0.3, 0.4) is 0 Å². The van der Waals surface area contributed by atoms with Crippen molar-refractivity contribution in [3.8, 4) is 5.75 Å². The molecule has 150 valence electrons. The number of nitrogens with one attached hydrogen (secondary N) is 1. The predicted molar refractivity (Wildman–Crippen MR) is 107 cm³/mol. The molecule has 2 aromatic carbocycles. The predicted octanol–water partition coefficient (Wildman–Crippen LogP) is 2.43. The highest BCUT2D eigenvalue weighted by molar-refractivity contribution is 7.89. The van der Waals surface area contributed by atoms with Gasteiger partial charge in [0.05, 0.1) is 4.90 Å². The van der Waals surface area contributed by atoms with E-state index in [0.29, 0.717) is 5.56 Å². The van der Waals surface area contributed by atoms with Crippen molar-refractivity contribution in [1.82, 2.24) is 4.72 Å². The van der Waals surface area contributed by atoms with Gasteiger partial charge in [-0.3, -0.25) is 4.79 Å². The Labute approximate surface area is 168 Å². The summed E-state index contributed by atoms with van der Waals surface area (Å²) in [4.78, 5) is 11.8. The first-order chi connectivity index (χ1) is 13.7. The van der Waals surface area contributed by atoms with E-state index in [1.54, 1.807) is 30.3 Å². The van der Waals surface area contributed by atoms with Gasteiger partial charge in [0.15, 0.2) is 5.78 Å². The maximum absolute atomic E-state index is 12.4. The molecule has 0 heterocycles. The lowest BCUT2D eigenvalue weighted by molar-refractivity contribution is 0.0666. The summed E-state index contributed by atoms with van der Waals surface area (Å²) >= 11 is 0. The standard InChI is InChI=1S/C21H19NO6S/c23-17-7-4-8-18(14-17)29(27,28)22-21(26)12-11-15(13-20(21)25)9-10-19(24)16-5-2-1-3-6-16/h1-15,22-23,25-26H/b10-9+. The quantitative estimate of drug-likeness (QED) is 0.250. The molecule has 0 bridgehead atoms. The lowest BCUT2D eigenvalue weighted by Crippen LogP contribution is -2.49. The summed E-state index contributed by atoms with van der Waals surface area (Å²) < 4.78 is 26.9. The monoisotopic (exact) mass is 413 g/mol. The van der Waals surface area contributed by atoms with Crippen molar-refractivity contribution < 1.29 is 28.5 Å². The Kier molecular flexibility index (Phi) is 5.69. The fraction of sp³-hybridized carbons (Fsp3) is 0.0952. The van der Waals surface area contributed by atoms with Gasteiger partial charge in [-0.05, 0) is 36.4 Å². The van der Waals surface area contributed by atoms with Gasteiger partial charge in [-0.1, -0.05) is 48.6 Å². The van der Waals surface area contributed by atoms with Crippen LogP contribution in [0.2, 0.25) is 0 Å². The maximum Gasteiger partial charge on any atom is 0.243 e. The van der Waals surface area contributed by atoms with Gasteiger partial charge in [0.25, 0.3) is 0 Å². The Balaban J connectivity index is 1.74. The van der Waals surface area contributed by atoms with Crippen molar-refractivity contribution in [2.24, 2.45) is 5.92 Å². The number of ketones is 1. The molecule has 7 nitrogen and oxygen atoms in total. The van der Waals surface area contributed by atoms with Gasteiger partial charge in [0.1, 0.15) is 11.5 Å². The van der Waals surface area contributed by atoms with Crippen molar-refractivity contribution in [1.29, 1.82) is 0 Å². The molecule has 2 unspecified atom stereocenters. The van der Waals surface area contributed by atoms with Crippen molar-refractivity contribution in [3.05, 3.63) is 96.3 Å². The van der Waals surface area contributed by atoms with Gasteiger partial charge in [-0.15, -0.1) is 0 Å². The number of phenols is 1. The van der Waals surface area contributed by atoms with Gasteiger partial charge in [-0.2, -0.15) is 4.72 Å². The average molecular weight is 413 g/mol. The molecule has 0 aliphatic heterocycles. The molecule has 0 amide bonds. The minimum atomic E-state index is -4.24. The molecule has 1 aliphatic carbocycles. The SMILES string of the molecule is O=C(/C=C/C1C=CC(O)(NS(=O)(=O)c2cccc(O)c2)C(O)=C1)c1ccccc1. The van der Waals surface area contributed by atoms with Crippen molar-refractivity contribution >= 4 is 15.8 Å². The third-order valence-corrected chi connectivity index (χ3v) is 5.70. The summed E-state index contributed by atoms with van der Waals surface area (Å²) in [7, 11) is -4.24. The number of carbonyl (C=O) groups is 1. The highest BCUT2D eigenvalue weighted by atomic mass is 32.2. The third-order valence-electron chi connectivity index (χ3n) is 4.25. The van der Waals surface area contributed by atoms with Gasteiger partial charge >= 0.3 is 0 Å². The van der Waals surface area contributed by atoms with E-state index in [2.05, 4.69) is 0 Å². The summed E-state index contributed by atoms with van der Waals surface area (Å²) in [6.45, 7) is 0. The molecule has 4 N–H and O–H groups in total. The van der Waals surface area contributed by atoms with Gasteiger partial charge in [0.2, 0.25) is 15.7 Å². The number of hydrogen-bond donors (Lipinski definition) is 4. The van der Waals surface area contributed by atoms with Crippen LogP contribution < -0.4 is 4.72 Å². The molecular formula is C21H19NO6S. The molecule has 2 atom stereocenters. The maximum atomic E-state index is 12.4. The summed E-state index contributed by atoms with van der Waals surface area (Å²) in [5, 5.41) is 30.2. The molecule has 0 radical (unpaired) electrons. The Morgan fingerprint density at radius 2 is 1.79 bits per heavy atom. The largest absolute Gasteiger partial charge is 0.508 e. The number of rotatable bonds is 6. The fourth-order valence-corrected chi connectivity index (χ4v) is 3.95. The van der Waals surface area contributed by atoms with Crippen LogP contribution in [0.4, 0.5) is 0 Å². The molecule has 0 aromatic heterocycles. The van der Waals surface area contributed by atoms with E-state index in [9.17, 15) is 28.5 Å². The van der Waals surface area contributed by atoms with Crippen molar-refractivity contribution in [3.63, 3.8) is 0 Å². The minimum Gasteiger partial charge on any atom is -0.508 e. The van der Waals surface area contributed by atoms with Crippen LogP contribution in [-0.2, 0) is 10.0 Å². The number of phenolic OH excluding ortho intramolecular Hbond substituents is 1. The Bertz CT molecular complexity index is 1110. The number of aliphatic hydroxyl groups is 2. The van der Waals surface area contributed by atoms with Crippen LogP contribution in [0.25, 0.3) is 0 Å². The van der Waals surface area contributed by atoms with Crippen LogP contribution in [-0.4, -0.2) is 35.2 Å². The highest BCUT2D eigenvalue weighted by Crippen LogP contribution is 2.26. The topological polar surface area (TPSA) is 124 Å². The molecule has 3 rings (SSSR count). The fourth-order valence-electron chi connectivity index (χ4n) is 2.72.